The lowest BCUT2D eigenvalue weighted by atomic mass is 9.98. The summed E-state index contributed by atoms with van der Waals surface area (Å²) >= 11 is 0. The number of hydrogen-bond donors (Lipinski definition) is 2. The van der Waals surface area contributed by atoms with Crippen LogP contribution in [0, 0.1) is 0 Å². The van der Waals surface area contributed by atoms with Gasteiger partial charge in [0.25, 0.3) is 0 Å². The quantitative estimate of drug-likeness (QED) is 0.899. The smallest absolute Gasteiger partial charge is 0.330 e. The summed E-state index contributed by atoms with van der Waals surface area (Å²) in [4.78, 5) is 24.5. The maximum absolute atomic E-state index is 12.7. The number of benzene rings is 2. The molecule has 2 unspecified atom stereocenters. The number of carbonyl (C=O) groups excluding carboxylic acids is 1. The Kier molecular flexibility index (Phi) is 3.92. The number of aliphatic carboxylic acids is 1. The van der Waals surface area contributed by atoms with Crippen LogP contribution in [0.15, 0.2) is 42.5 Å². The Hall–Kier alpha value is -2.82. The summed E-state index contributed by atoms with van der Waals surface area (Å²) in [6, 6.07) is 12.1. The monoisotopic (exact) mass is 337 g/mol. The van der Waals surface area contributed by atoms with Crippen molar-refractivity contribution in [1.82, 2.24) is 5.32 Å². The van der Waals surface area contributed by atoms with E-state index in [2.05, 4.69) is 5.32 Å². The minimum Gasteiger partial charge on any atom is -0.493 e. The molecule has 25 heavy (non-hydrogen) atoms. The molecule has 0 aromatic heterocycles. The molecule has 1 aliphatic carbocycles. The predicted octanol–water partition coefficient (Wildman–Crippen LogP) is 2.59. The average Bonchev–Trinajstić information content (AvgIpc) is 3.25. The first kappa shape index (κ1) is 15.7. The first-order chi connectivity index (χ1) is 12.1. The van der Waals surface area contributed by atoms with Gasteiger partial charge in [-0.1, -0.05) is 30.3 Å². The number of nitrogens with one attached hydrogen (secondary N) is 1. The second-order valence-electron chi connectivity index (χ2n) is 6.54. The summed E-state index contributed by atoms with van der Waals surface area (Å²) < 4.78 is 5.46. The third kappa shape index (κ3) is 2.86. The highest BCUT2D eigenvalue weighted by molar-refractivity contribution is 5.89. The van der Waals surface area contributed by atoms with E-state index in [1.165, 1.54) is 5.56 Å². The van der Waals surface area contributed by atoms with Gasteiger partial charge in [-0.05, 0) is 47.2 Å². The Labute approximate surface area is 145 Å². The van der Waals surface area contributed by atoms with Crippen molar-refractivity contribution in [2.45, 2.75) is 31.2 Å². The number of ether oxygens (including phenoxy) is 1. The molecule has 2 atom stereocenters. The first-order valence-electron chi connectivity index (χ1n) is 8.50. The van der Waals surface area contributed by atoms with E-state index in [0.717, 1.165) is 36.1 Å². The van der Waals surface area contributed by atoms with Crippen LogP contribution >= 0.6 is 0 Å². The van der Waals surface area contributed by atoms with Crippen molar-refractivity contribution in [3.05, 3.63) is 64.7 Å². The molecule has 1 aliphatic heterocycles. The molecular formula is C20H19NO4. The van der Waals surface area contributed by atoms with Gasteiger partial charge in [-0.25, -0.2) is 4.79 Å². The largest absolute Gasteiger partial charge is 0.493 e. The van der Waals surface area contributed by atoms with Gasteiger partial charge in [-0.15, -0.1) is 0 Å². The zero-order chi connectivity index (χ0) is 17.4. The Morgan fingerprint density at radius 2 is 1.96 bits per heavy atom. The summed E-state index contributed by atoms with van der Waals surface area (Å²) in [6.45, 7) is 0.613. The van der Waals surface area contributed by atoms with E-state index in [1.54, 1.807) is 12.1 Å². The van der Waals surface area contributed by atoms with Crippen LogP contribution in [0.5, 0.6) is 5.75 Å². The maximum Gasteiger partial charge on any atom is 0.330 e. The molecule has 2 aromatic carbocycles. The van der Waals surface area contributed by atoms with Crippen LogP contribution in [0.1, 0.15) is 40.6 Å². The molecule has 0 saturated carbocycles. The van der Waals surface area contributed by atoms with Gasteiger partial charge >= 0.3 is 5.97 Å². The first-order valence-corrected chi connectivity index (χ1v) is 8.50. The lowest BCUT2D eigenvalue weighted by Gasteiger charge is -2.19. The highest BCUT2D eigenvalue weighted by atomic mass is 16.5. The number of carboxylic acid groups (broad SMARTS) is 1. The van der Waals surface area contributed by atoms with E-state index < -0.39 is 12.0 Å². The highest BCUT2D eigenvalue weighted by Crippen LogP contribution is 2.34. The molecule has 0 saturated heterocycles. The van der Waals surface area contributed by atoms with Crippen molar-refractivity contribution in [3.8, 4) is 5.75 Å². The fourth-order valence-electron chi connectivity index (χ4n) is 3.75. The molecule has 1 amide bonds. The molecule has 5 heteroatoms. The maximum atomic E-state index is 12.7. The number of fused-ring (bicyclic) bond motifs is 2. The molecule has 0 spiro atoms. The molecular weight excluding hydrogens is 318 g/mol. The molecule has 1 heterocycles. The molecule has 4 rings (SSSR count). The van der Waals surface area contributed by atoms with Crippen LogP contribution in [-0.4, -0.2) is 23.6 Å². The summed E-state index contributed by atoms with van der Waals surface area (Å²) in [5.74, 6) is -0.771. The third-order valence-electron chi connectivity index (χ3n) is 5.03. The fraction of sp³-hybridized carbons (Fsp3) is 0.300. The predicted molar refractivity (Wildman–Crippen MR) is 91.7 cm³/mol. The Morgan fingerprint density at radius 3 is 2.80 bits per heavy atom. The molecule has 0 fully saturated rings. The normalized spacial score (nSPS) is 18.8. The lowest BCUT2D eigenvalue weighted by molar-refractivity contribution is -0.142. The zero-order valence-electron chi connectivity index (χ0n) is 13.7. The number of carboxylic acids is 1. The fourth-order valence-corrected chi connectivity index (χ4v) is 3.75. The topological polar surface area (TPSA) is 75.6 Å². The summed E-state index contributed by atoms with van der Waals surface area (Å²) in [5.41, 5.74) is 3.75. The summed E-state index contributed by atoms with van der Waals surface area (Å²) in [5, 5.41) is 12.3. The molecule has 128 valence electrons. The van der Waals surface area contributed by atoms with E-state index in [1.807, 2.05) is 30.3 Å². The van der Waals surface area contributed by atoms with Crippen molar-refractivity contribution >= 4 is 11.9 Å². The van der Waals surface area contributed by atoms with Crippen molar-refractivity contribution in [2.24, 2.45) is 0 Å². The molecule has 2 N–H and O–H groups in total. The lowest BCUT2D eigenvalue weighted by Crippen LogP contribution is -2.36. The van der Waals surface area contributed by atoms with Crippen LogP contribution in [0.4, 0.5) is 0 Å². The third-order valence-corrected chi connectivity index (χ3v) is 5.03. The SMILES string of the molecule is O=C(NC(C(=O)O)c1ccc2c(c1)CCO2)C1CCc2ccccc21. The van der Waals surface area contributed by atoms with Gasteiger partial charge in [0.15, 0.2) is 6.04 Å². The van der Waals surface area contributed by atoms with Gasteiger partial charge in [0, 0.05) is 6.42 Å². The van der Waals surface area contributed by atoms with Crippen molar-refractivity contribution in [3.63, 3.8) is 0 Å². The molecule has 0 radical (unpaired) electrons. The van der Waals surface area contributed by atoms with Gasteiger partial charge in [-0.3, -0.25) is 4.79 Å². The Balaban J connectivity index is 1.57. The van der Waals surface area contributed by atoms with E-state index in [4.69, 9.17) is 4.74 Å². The van der Waals surface area contributed by atoms with Crippen LogP contribution in [0.2, 0.25) is 0 Å². The van der Waals surface area contributed by atoms with Crippen LogP contribution in [-0.2, 0) is 22.4 Å². The van der Waals surface area contributed by atoms with Crippen LogP contribution < -0.4 is 10.1 Å². The van der Waals surface area contributed by atoms with Gasteiger partial charge < -0.3 is 15.2 Å². The zero-order valence-corrected chi connectivity index (χ0v) is 13.7. The van der Waals surface area contributed by atoms with E-state index in [9.17, 15) is 14.7 Å². The Bertz CT molecular complexity index is 845. The van der Waals surface area contributed by atoms with Crippen LogP contribution in [0.25, 0.3) is 0 Å². The number of carbonyl (C=O) groups is 2. The van der Waals surface area contributed by atoms with E-state index >= 15 is 0 Å². The van der Waals surface area contributed by atoms with Crippen molar-refractivity contribution in [1.29, 1.82) is 0 Å². The van der Waals surface area contributed by atoms with Crippen molar-refractivity contribution in [2.75, 3.05) is 6.61 Å². The second-order valence-corrected chi connectivity index (χ2v) is 6.54. The number of rotatable bonds is 4. The number of amides is 1. The second kappa shape index (κ2) is 6.24. The van der Waals surface area contributed by atoms with E-state index in [-0.39, 0.29) is 11.8 Å². The van der Waals surface area contributed by atoms with Gasteiger partial charge in [0.2, 0.25) is 5.91 Å². The minimum absolute atomic E-state index is 0.228. The van der Waals surface area contributed by atoms with Crippen molar-refractivity contribution < 1.29 is 19.4 Å². The molecule has 2 aromatic rings. The average molecular weight is 337 g/mol. The van der Waals surface area contributed by atoms with Gasteiger partial charge in [0.05, 0.1) is 12.5 Å². The standard InChI is InChI=1S/C20H19NO4/c22-19(16-7-5-12-3-1-2-4-15(12)16)21-18(20(23)24)14-6-8-17-13(11-14)9-10-25-17/h1-4,6,8,11,16,18H,5,7,9-10H2,(H,21,22)(H,23,24). The number of aryl methyl sites for hydroxylation is 1. The number of hydrogen-bond acceptors (Lipinski definition) is 3. The summed E-state index contributed by atoms with van der Waals surface area (Å²) in [6.07, 6.45) is 2.33. The molecule has 5 nitrogen and oxygen atoms in total. The van der Waals surface area contributed by atoms with E-state index in [0.29, 0.717) is 12.2 Å². The Morgan fingerprint density at radius 1 is 1.12 bits per heavy atom. The highest BCUT2D eigenvalue weighted by Gasteiger charge is 2.32. The molecule has 2 aliphatic rings. The minimum atomic E-state index is -1.06. The van der Waals surface area contributed by atoms with Crippen LogP contribution in [0.3, 0.4) is 0 Å². The summed E-state index contributed by atoms with van der Waals surface area (Å²) in [7, 11) is 0. The van der Waals surface area contributed by atoms with Gasteiger partial charge in [-0.2, -0.15) is 0 Å². The van der Waals surface area contributed by atoms with Gasteiger partial charge in [0.1, 0.15) is 5.75 Å². The molecule has 0 bridgehead atoms.